The molecular formula is C26H34BrN7O3S. The average Bonchev–Trinajstić information content (AvgIpc) is 3.33. The van der Waals surface area contributed by atoms with Gasteiger partial charge < -0.3 is 25.8 Å². The molecule has 0 saturated heterocycles. The molecule has 0 spiro atoms. The number of carbonyl (C=O) groups excluding carboxylic acids is 3. The minimum atomic E-state index is -0.429. The molecule has 1 aliphatic heterocycles. The minimum absolute atomic E-state index is 0.0525. The molecule has 1 saturated carbocycles. The number of halogens is 1. The van der Waals surface area contributed by atoms with Crippen molar-refractivity contribution in [2.75, 3.05) is 32.5 Å². The molecule has 10 nitrogen and oxygen atoms in total. The van der Waals surface area contributed by atoms with Crippen molar-refractivity contribution in [2.45, 2.75) is 51.2 Å². The fourth-order valence-electron chi connectivity index (χ4n) is 4.76. The van der Waals surface area contributed by atoms with Gasteiger partial charge in [0.05, 0.1) is 17.4 Å². The number of thiazole rings is 1. The van der Waals surface area contributed by atoms with Crippen LogP contribution in [0.3, 0.4) is 0 Å². The molecule has 1 fully saturated rings. The van der Waals surface area contributed by atoms with Gasteiger partial charge in [-0.25, -0.2) is 9.97 Å². The number of anilines is 1. The van der Waals surface area contributed by atoms with Gasteiger partial charge in [0.25, 0.3) is 11.8 Å². The van der Waals surface area contributed by atoms with Crippen molar-refractivity contribution in [3.8, 4) is 0 Å². The standard InChI is InChI=1S/C26H34BrN7O3S/c1-5-34(4)26(37)16-6-8-18(30-23(35)15(2)29-22-9-7-17(27)13-28-22)20(12-16)31-24(36)25-32-19-10-11-33(3)14-21(19)38-25/h7,9,13,16,18,20H,2,5-6,8,10-12,14H2,1,3-4H3,(H,28,29)(H,30,35)(H,31,36)/t16-,18-,20+/m0/s1. The van der Waals surface area contributed by atoms with Crippen LogP contribution in [0.1, 0.15) is 46.6 Å². The molecule has 4 rings (SSSR count). The van der Waals surface area contributed by atoms with Gasteiger partial charge in [-0.1, -0.05) is 6.58 Å². The van der Waals surface area contributed by atoms with E-state index in [-0.39, 0.29) is 35.4 Å². The molecule has 2 aliphatic rings. The van der Waals surface area contributed by atoms with Crippen molar-refractivity contribution in [3.63, 3.8) is 0 Å². The van der Waals surface area contributed by atoms with Crippen molar-refractivity contribution in [1.82, 2.24) is 30.4 Å². The first-order valence-corrected chi connectivity index (χ1v) is 14.4. The topological polar surface area (TPSA) is 120 Å². The summed E-state index contributed by atoms with van der Waals surface area (Å²) >= 11 is 4.75. The van der Waals surface area contributed by atoms with Crippen LogP contribution in [0.5, 0.6) is 0 Å². The van der Waals surface area contributed by atoms with Gasteiger partial charge in [-0.2, -0.15) is 0 Å². The molecule has 0 bridgehead atoms. The molecule has 1 aliphatic carbocycles. The number of nitrogens with zero attached hydrogens (tertiary/aromatic N) is 4. The van der Waals surface area contributed by atoms with Crippen LogP contribution >= 0.6 is 27.3 Å². The van der Waals surface area contributed by atoms with Gasteiger partial charge >= 0.3 is 0 Å². The summed E-state index contributed by atoms with van der Waals surface area (Å²) in [5.41, 5.74) is 1.12. The predicted molar refractivity (Wildman–Crippen MR) is 151 cm³/mol. The number of carbonyl (C=O) groups is 3. The maximum Gasteiger partial charge on any atom is 0.280 e. The number of aromatic nitrogens is 2. The summed E-state index contributed by atoms with van der Waals surface area (Å²) < 4.78 is 0.824. The molecule has 0 aromatic carbocycles. The Morgan fingerprint density at radius 3 is 2.74 bits per heavy atom. The van der Waals surface area contributed by atoms with Gasteiger partial charge in [-0.15, -0.1) is 11.3 Å². The maximum absolute atomic E-state index is 13.3. The highest BCUT2D eigenvalue weighted by Gasteiger charge is 2.37. The number of hydrogen-bond donors (Lipinski definition) is 3. The zero-order chi connectivity index (χ0) is 27.4. The quantitative estimate of drug-likeness (QED) is 0.397. The number of pyridine rings is 1. The first-order chi connectivity index (χ1) is 18.1. The Labute approximate surface area is 235 Å². The second kappa shape index (κ2) is 12.4. The zero-order valence-corrected chi connectivity index (χ0v) is 24.3. The first-order valence-electron chi connectivity index (χ1n) is 12.8. The average molecular weight is 605 g/mol. The van der Waals surface area contributed by atoms with E-state index in [4.69, 9.17) is 0 Å². The zero-order valence-electron chi connectivity index (χ0n) is 21.9. The van der Waals surface area contributed by atoms with E-state index >= 15 is 0 Å². The van der Waals surface area contributed by atoms with E-state index in [2.05, 4.69) is 60.4 Å². The molecule has 12 heteroatoms. The summed E-state index contributed by atoms with van der Waals surface area (Å²) in [6.45, 7) is 8.10. The van der Waals surface area contributed by atoms with Crippen LogP contribution in [0.25, 0.3) is 0 Å². The lowest BCUT2D eigenvalue weighted by atomic mass is 9.81. The molecule has 3 heterocycles. The van der Waals surface area contributed by atoms with Crippen molar-refractivity contribution in [1.29, 1.82) is 0 Å². The molecule has 204 valence electrons. The SMILES string of the molecule is C=C(Nc1ccc(Br)cn1)C(=O)N[C@H]1CC[C@H](C(=O)N(C)CC)C[C@H]1NC(=O)c1nc2c(s1)CN(C)CC2. The maximum atomic E-state index is 13.3. The third-order valence-corrected chi connectivity index (χ3v) is 8.63. The second-order valence-corrected chi connectivity index (χ2v) is 11.9. The molecule has 0 unspecified atom stereocenters. The fraction of sp³-hybridized carbons (Fsp3) is 0.500. The Morgan fingerprint density at radius 2 is 2.03 bits per heavy atom. The van der Waals surface area contributed by atoms with Crippen molar-refractivity contribution >= 4 is 50.8 Å². The van der Waals surface area contributed by atoms with Gasteiger partial charge in [0.1, 0.15) is 5.82 Å². The normalized spacial score (nSPS) is 21.2. The Kier molecular flexibility index (Phi) is 9.16. The number of rotatable bonds is 8. The highest BCUT2D eigenvalue weighted by Crippen LogP contribution is 2.29. The molecule has 2 aromatic heterocycles. The van der Waals surface area contributed by atoms with E-state index in [0.29, 0.717) is 36.6 Å². The van der Waals surface area contributed by atoms with E-state index in [1.165, 1.54) is 11.3 Å². The summed E-state index contributed by atoms with van der Waals surface area (Å²) in [7, 11) is 3.84. The summed E-state index contributed by atoms with van der Waals surface area (Å²) in [6, 6.07) is 2.76. The molecule has 3 N–H and O–H groups in total. The number of nitrogens with one attached hydrogen (secondary N) is 3. The van der Waals surface area contributed by atoms with E-state index < -0.39 is 6.04 Å². The van der Waals surface area contributed by atoms with Gasteiger partial charge in [-0.3, -0.25) is 14.4 Å². The monoisotopic (exact) mass is 603 g/mol. The van der Waals surface area contributed by atoms with E-state index in [0.717, 1.165) is 34.6 Å². The second-order valence-electron chi connectivity index (χ2n) is 9.86. The van der Waals surface area contributed by atoms with Crippen LogP contribution in [0.4, 0.5) is 5.82 Å². The largest absolute Gasteiger partial charge is 0.346 e. The lowest BCUT2D eigenvalue weighted by Crippen LogP contribution is -2.56. The van der Waals surface area contributed by atoms with Gasteiger partial charge in [-0.05, 0) is 61.3 Å². The first kappa shape index (κ1) is 28.2. The van der Waals surface area contributed by atoms with Crippen molar-refractivity contribution in [2.24, 2.45) is 5.92 Å². The van der Waals surface area contributed by atoms with Crippen molar-refractivity contribution in [3.05, 3.63) is 50.7 Å². The van der Waals surface area contributed by atoms with Crippen LogP contribution in [0, 0.1) is 5.92 Å². The Balaban J connectivity index is 1.46. The van der Waals surface area contributed by atoms with E-state index in [1.807, 2.05) is 13.0 Å². The van der Waals surface area contributed by atoms with E-state index in [1.54, 1.807) is 24.2 Å². The Bertz CT molecular complexity index is 1200. The van der Waals surface area contributed by atoms with Crippen LogP contribution in [-0.2, 0) is 22.6 Å². The lowest BCUT2D eigenvalue weighted by molar-refractivity contribution is -0.135. The lowest BCUT2D eigenvalue weighted by Gasteiger charge is -2.37. The number of hydrogen-bond acceptors (Lipinski definition) is 8. The minimum Gasteiger partial charge on any atom is -0.346 e. The van der Waals surface area contributed by atoms with Gasteiger partial charge in [0.2, 0.25) is 5.91 Å². The van der Waals surface area contributed by atoms with Crippen LogP contribution in [-0.4, -0.2) is 76.8 Å². The summed E-state index contributed by atoms with van der Waals surface area (Å²) in [4.78, 5) is 53.1. The summed E-state index contributed by atoms with van der Waals surface area (Å²) in [5.74, 6) is -0.346. The highest BCUT2D eigenvalue weighted by atomic mass is 79.9. The Hall–Kier alpha value is -2.83. The van der Waals surface area contributed by atoms with Gasteiger partial charge in [0, 0.05) is 60.6 Å². The highest BCUT2D eigenvalue weighted by molar-refractivity contribution is 9.10. The van der Waals surface area contributed by atoms with Crippen molar-refractivity contribution < 1.29 is 14.4 Å². The fourth-order valence-corrected chi connectivity index (χ4v) is 6.09. The van der Waals surface area contributed by atoms with Crippen LogP contribution in [0.2, 0.25) is 0 Å². The number of fused-ring (bicyclic) bond motifs is 1. The van der Waals surface area contributed by atoms with Gasteiger partial charge in [0.15, 0.2) is 5.01 Å². The predicted octanol–water partition coefficient (Wildman–Crippen LogP) is 2.78. The molecule has 3 amide bonds. The Morgan fingerprint density at radius 1 is 1.24 bits per heavy atom. The molecule has 0 radical (unpaired) electrons. The summed E-state index contributed by atoms with van der Waals surface area (Å²) in [6.07, 6.45) is 4.04. The third kappa shape index (κ3) is 6.78. The van der Waals surface area contributed by atoms with Crippen LogP contribution < -0.4 is 16.0 Å². The van der Waals surface area contributed by atoms with E-state index in [9.17, 15) is 14.4 Å². The molecule has 3 atom stereocenters. The molecule has 38 heavy (non-hydrogen) atoms. The number of likely N-dealkylation sites (N-methyl/N-ethyl adjacent to an activating group) is 1. The smallest absolute Gasteiger partial charge is 0.280 e. The summed E-state index contributed by atoms with van der Waals surface area (Å²) in [5, 5.41) is 9.44. The third-order valence-electron chi connectivity index (χ3n) is 7.08. The van der Waals surface area contributed by atoms with Crippen LogP contribution in [0.15, 0.2) is 35.1 Å². The number of amides is 3. The molecular weight excluding hydrogens is 570 g/mol. The molecule has 2 aromatic rings.